The lowest BCUT2D eigenvalue weighted by Gasteiger charge is -2.27. The number of halogens is 1. The number of benzene rings is 1. The predicted molar refractivity (Wildman–Crippen MR) is 83.1 cm³/mol. The Bertz CT molecular complexity index is 644. The van der Waals surface area contributed by atoms with Crippen LogP contribution in [0.1, 0.15) is 25.3 Å². The Morgan fingerprint density at radius 1 is 1.35 bits per heavy atom. The molecule has 124 valence electrons. The van der Waals surface area contributed by atoms with Gasteiger partial charge in [-0.3, -0.25) is 4.79 Å². The second kappa shape index (κ2) is 6.28. The summed E-state index contributed by atoms with van der Waals surface area (Å²) in [5.74, 6) is -0.191. The van der Waals surface area contributed by atoms with Crippen molar-refractivity contribution in [3.05, 3.63) is 22.7 Å². The minimum atomic E-state index is -0.995. The zero-order valence-corrected chi connectivity index (χ0v) is 13.5. The molecule has 1 aliphatic carbocycles. The summed E-state index contributed by atoms with van der Waals surface area (Å²) in [6, 6.07) is 2.60. The highest BCUT2D eigenvalue weighted by Gasteiger charge is 2.38. The molecule has 1 fully saturated rings. The number of carbonyl (C=O) groups is 2. The van der Waals surface area contributed by atoms with E-state index in [1.54, 1.807) is 12.1 Å². The van der Waals surface area contributed by atoms with Crippen LogP contribution >= 0.6 is 11.6 Å². The van der Waals surface area contributed by atoms with Crippen LogP contribution in [0.2, 0.25) is 5.02 Å². The normalized spacial score (nSPS) is 17.5. The third-order valence-corrected chi connectivity index (χ3v) is 4.30. The minimum absolute atomic E-state index is 0.0290. The standard InChI is InChI=1S/C16H18ClNO5/c1-9(16(20)21)18(11-2-3-11)14(19)8-10-6-12(17)15-13(7-10)22-4-5-23-15/h6-7,9,11H,2-5,8H2,1H3,(H,20,21). The summed E-state index contributed by atoms with van der Waals surface area (Å²) >= 11 is 6.17. The van der Waals surface area contributed by atoms with Gasteiger partial charge in [-0.25, -0.2) is 4.79 Å². The van der Waals surface area contributed by atoms with Gasteiger partial charge >= 0.3 is 5.97 Å². The van der Waals surface area contributed by atoms with Gasteiger partial charge in [0.05, 0.1) is 11.4 Å². The lowest BCUT2D eigenvalue weighted by Crippen LogP contribution is -2.45. The quantitative estimate of drug-likeness (QED) is 0.889. The Kier molecular flexibility index (Phi) is 4.35. The Morgan fingerprint density at radius 3 is 2.70 bits per heavy atom. The van der Waals surface area contributed by atoms with E-state index in [4.69, 9.17) is 21.1 Å². The number of carboxylic acid groups (broad SMARTS) is 1. The van der Waals surface area contributed by atoms with E-state index < -0.39 is 12.0 Å². The SMILES string of the molecule is CC(C(=O)O)N(C(=O)Cc1cc(Cl)c2c(c1)OCCO2)C1CC1. The fourth-order valence-corrected chi connectivity index (χ4v) is 3.03. The maximum atomic E-state index is 12.6. The number of fused-ring (bicyclic) bond motifs is 1. The van der Waals surface area contributed by atoms with Crippen LogP contribution in [0.5, 0.6) is 11.5 Å². The van der Waals surface area contributed by atoms with Crippen LogP contribution < -0.4 is 9.47 Å². The summed E-state index contributed by atoms with van der Waals surface area (Å²) in [5, 5.41) is 9.59. The molecule has 7 heteroatoms. The van der Waals surface area contributed by atoms with Crippen molar-refractivity contribution in [3.8, 4) is 11.5 Å². The Morgan fingerprint density at radius 2 is 2.04 bits per heavy atom. The highest BCUT2D eigenvalue weighted by atomic mass is 35.5. The van der Waals surface area contributed by atoms with E-state index in [2.05, 4.69) is 0 Å². The van der Waals surface area contributed by atoms with Gasteiger partial charge < -0.3 is 19.5 Å². The second-order valence-corrected chi connectivity index (χ2v) is 6.23. The third kappa shape index (κ3) is 3.37. The molecule has 0 bridgehead atoms. The number of hydrogen-bond acceptors (Lipinski definition) is 4. The van der Waals surface area contributed by atoms with E-state index >= 15 is 0 Å². The number of carbonyl (C=O) groups excluding carboxylic acids is 1. The van der Waals surface area contributed by atoms with Crippen LogP contribution in [0.4, 0.5) is 0 Å². The van der Waals surface area contributed by atoms with Gasteiger partial charge in [-0.15, -0.1) is 0 Å². The fourth-order valence-electron chi connectivity index (χ4n) is 2.74. The summed E-state index contributed by atoms with van der Waals surface area (Å²) in [7, 11) is 0. The molecule has 2 aliphatic rings. The number of hydrogen-bond donors (Lipinski definition) is 1. The highest BCUT2D eigenvalue weighted by Crippen LogP contribution is 2.38. The van der Waals surface area contributed by atoms with Gasteiger partial charge in [0.15, 0.2) is 11.5 Å². The van der Waals surface area contributed by atoms with E-state index in [9.17, 15) is 14.7 Å². The van der Waals surface area contributed by atoms with Crippen molar-refractivity contribution in [3.63, 3.8) is 0 Å². The predicted octanol–water partition coefficient (Wildman–Crippen LogP) is 2.12. The van der Waals surface area contributed by atoms with Gasteiger partial charge in [-0.05, 0) is 37.5 Å². The average molecular weight is 340 g/mol. The van der Waals surface area contributed by atoms with Gasteiger partial charge in [0.2, 0.25) is 5.91 Å². The molecule has 0 radical (unpaired) electrons. The van der Waals surface area contributed by atoms with Crippen LogP contribution in [0, 0.1) is 0 Å². The molecule has 6 nitrogen and oxygen atoms in total. The van der Waals surface area contributed by atoms with Gasteiger partial charge in [-0.1, -0.05) is 11.6 Å². The maximum absolute atomic E-state index is 12.6. The molecule has 23 heavy (non-hydrogen) atoms. The molecule has 1 atom stereocenters. The number of aliphatic carboxylic acids is 1. The summed E-state index contributed by atoms with van der Waals surface area (Å²) in [6.45, 7) is 2.41. The van der Waals surface area contributed by atoms with Gasteiger partial charge in [0.25, 0.3) is 0 Å². The molecule has 1 aliphatic heterocycles. The number of ether oxygens (including phenoxy) is 2. The molecule has 1 aromatic rings. The lowest BCUT2D eigenvalue weighted by atomic mass is 10.1. The van der Waals surface area contributed by atoms with Crippen molar-refractivity contribution in [2.75, 3.05) is 13.2 Å². The lowest BCUT2D eigenvalue weighted by molar-refractivity contribution is -0.149. The first kappa shape index (κ1) is 15.9. The minimum Gasteiger partial charge on any atom is -0.486 e. The zero-order chi connectivity index (χ0) is 16.6. The molecule has 1 aromatic carbocycles. The first-order valence-electron chi connectivity index (χ1n) is 7.59. The molecule has 1 N–H and O–H groups in total. The number of carboxylic acids is 1. The second-order valence-electron chi connectivity index (χ2n) is 5.82. The van der Waals surface area contributed by atoms with Gasteiger partial charge in [0, 0.05) is 6.04 Å². The third-order valence-electron chi connectivity index (χ3n) is 4.01. The summed E-state index contributed by atoms with van der Waals surface area (Å²) in [6.07, 6.45) is 1.79. The number of nitrogens with zero attached hydrogens (tertiary/aromatic N) is 1. The van der Waals surface area contributed by atoms with Crippen molar-refractivity contribution in [2.45, 2.75) is 38.3 Å². The zero-order valence-electron chi connectivity index (χ0n) is 12.8. The molecule has 1 unspecified atom stereocenters. The fraction of sp³-hybridized carbons (Fsp3) is 0.500. The smallest absolute Gasteiger partial charge is 0.326 e. The van der Waals surface area contributed by atoms with Crippen molar-refractivity contribution in [1.82, 2.24) is 4.90 Å². The van der Waals surface area contributed by atoms with E-state index in [1.165, 1.54) is 11.8 Å². The molecule has 0 saturated heterocycles. The van der Waals surface area contributed by atoms with E-state index in [0.717, 1.165) is 12.8 Å². The van der Waals surface area contributed by atoms with Gasteiger partial charge in [0.1, 0.15) is 19.3 Å². The van der Waals surface area contributed by atoms with Crippen molar-refractivity contribution in [2.24, 2.45) is 0 Å². The van der Waals surface area contributed by atoms with Crippen LogP contribution in [0.3, 0.4) is 0 Å². The summed E-state index contributed by atoms with van der Waals surface area (Å²) in [4.78, 5) is 25.3. The van der Waals surface area contributed by atoms with Crippen LogP contribution in [-0.4, -0.2) is 47.2 Å². The largest absolute Gasteiger partial charge is 0.486 e. The molecule has 1 saturated carbocycles. The van der Waals surface area contributed by atoms with Crippen molar-refractivity contribution >= 4 is 23.5 Å². The monoisotopic (exact) mass is 339 g/mol. The molecule has 0 spiro atoms. The number of rotatable bonds is 5. The Balaban J connectivity index is 1.79. The maximum Gasteiger partial charge on any atom is 0.326 e. The Labute approximate surface area is 138 Å². The van der Waals surface area contributed by atoms with Gasteiger partial charge in [-0.2, -0.15) is 0 Å². The van der Waals surface area contributed by atoms with Crippen LogP contribution in [-0.2, 0) is 16.0 Å². The average Bonchev–Trinajstić information content (AvgIpc) is 3.32. The first-order chi connectivity index (χ1) is 11.0. The number of amides is 1. The van der Waals surface area contributed by atoms with Crippen LogP contribution in [0.25, 0.3) is 0 Å². The molecular weight excluding hydrogens is 322 g/mol. The van der Waals surface area contributed by atoms with E-state index in [0.29, 0.717) is 35.3 Å². The molecular formula is C16H18ClNO5. The van der Waals surface area contributed by atoms with E-state index in [-0.39, 0.29) is 18.4 Å². The van der Waals surface area contributed by atoms with Crippen molar-refractivity contribution in [1.29, 1.82) is 0 Å². The molecule has 0 aromatic heterocycles. The highest BCUT2D eigenvalue weighted by molar-refractivity contribution is 6.32. The molecule has 1 amide bonds. The van der Waals surface area contributed by atoms with E-state index in [1.807, 2.05) is 0 Å². The topological polar surface area (TPSA) is 76.1 Å². The first-order valence-corrected chi connectivity index (χ1v) is 7.97. The summed E-state index contributed by atoms with van der Waals surface area (Å²) in [5.41, 5.74) is 0.687. The molecule has 3 rings (SSSR count). The molecule has 1 heterocycles. The van der Waals surface area contributed by atoms with Crippen LogP contribution in [0.15, 0.2) is 12.1 Å². The van der Waals surface area contributed by atoms with Crippen molar-refractivity contribution < 1.29 is 24.2 Å². The summed E-state index contributed by atoms with van der Waals surface area (Å²) < 4.78 is 11.0. The Hall–Kier alpha value is -1.95.